The van der Waals surface area contributed by atoms with Gasteiger partial charge >= 0.3 is 0 Å². The summed E-state index contributed by atoms with van der Waals surface area (Å²) in [6.45, 7) is 6.20. The monoisotopic (exact) mass is 625 g/mol. The van der Waals surface area contributed by atoms with Crippen LogP contribution in [0.3, 0.4) is 0 Å². The summed E-state index contributed by atoms with van der Waals surface area (Å²) in [5, 5.41) is 4.35. The van der Waals surface area contributed by atoms with Crippen LogP contribution in [0.15, 0.2) is 30.6 Å². The fourth-order valence-electron chi connectivity index (χ4n) is 8.02. The second-order valence-corrected chi connectivity index (χ2v) is 13.5. The van der Waals surface area contributed by atoms with Crippen LogP contribution >= 0.6 is 11.6 Å². The molecule has 5 aliphatic heterocycles. The maximum Gasteiger partial charge on any atom is 0.175 e. The Morgan fingerprint density at radius 2 is 1.93 bits per heavy atom. The van der Waals surface area contributed by atoms with Gasteiger partial charge in [0.15, 0.2) is 5.82 Å². The molecule has 1 aromatic carbocycles. The van der Waals surface area contributed by atoms with E-state index in [-0.39, 0.29) is 29.3 Å². The van der Waals surface area contributed by atoms with Gasteiger partial charge in [-0.25, -0.2) is 23.1 Å². The van der Waals surface area contributed by atoms with Gasteiger partial charge in [-0.15, -0.1) is 0 Å². The molecule has 4 unspecified atom stereocenters. The Hall–Kier alpha value is -3.11. The van der Waals surface area contributed by atoms with E-state index in [0.717, 1.165) is 49.9 Å². The number of nitrogens with zero attached hydrogens (tertiary/aromatic N) is 5. The van der Waals surface area contributed by atoms with Crippen LogP contribution in [-0.4, -0.2) is 70.0 Å². The lowest BCUT2D eigenvalue weighted by Gasteiger charge is -2.37. The van der Waals surface area contributed by atoms with Gasteiger partial charge in [0.1, 0.15) is 35.2 Å². The molecule has 0 amide bonds. The third-order valence-electron chi connectivity index (χ3n) is 10.0. The van der Waals surface area contributed by atoms with E-state index >= 15 is 8.78 Å². The van der Waals surface area contributed by atoms with Gasteiger partial charge in [-0.3, -0.25) is 9.88 Å². The van der Waals surface area contributed by atoms with Gasteiger partial charge in [0.2, 0.25) is 0 Å². The number of piperidine rings is 1. The molecule has 11 heteroatoms. The van der Waals surface area contributed by atoms with Crippen LogP contribution in [0.25, 0.3) is 22.2 Å². The number of halogens is 4. The number of allylic oxidation sites excluding steroid dienone is 1. The minimum Gasteiger partial charge on any atom is -0.399 e. The number of anilines is 2. The van der Waals surface area contributed by atoms with Gasteiger partial charge in [0.05, 0.1) is 11.9 Å². The maximum atomic E-state index is 16.7. The minimum atomic E-state index is -1.10. The lowest BCUT2D eigenvalue weighted by Crippen LogP contribution is -2.50. The molecule has 0 radical (unpaired) electrons. The van der Waals surface area contributed by atoms with E-state index in [2.05, 4.69) is 21.8 Å². The standard InChI is InChI=1S/C33H39ClF3N7/c1-19-5-2-3-6-24-25(12-22(38)13-27(24)34)30-29(37)31-26(15-39-30)32(43-16-20(35)11-23(18-43)40-19)42-28(41-31)7-9-33-8-4-10-44(33)17-21(36)14-33/h12-13,15,20-21,23,40H,1-11,14,16-18,38H2. The van der Waals surface area contributed by atoms with Crippen molar-refractivity contribution in [2.24, 2.45) is 0 Å². The van der Waals surface area contributed by atoms with Gasteiger partial charge in [0.25, 0.3) is 0 Å². The van der Waals surface area contributed by atoms with Gasteiger partial charge in [-0.05, 0) is 75.6 Å². The highest BCUT2D eigenvalue weighted by Crippen LogP contribution is 2.43. The summed E-state index contributed by atoms with van der Waals surface area (Å²) >= 11 is 6.68. The van der Waals surface area contributed by atoms with Crippen LogP contribution in [0.2, 0.25) is 5.02 Å². The highest BCUT2D eigenvalue weighted by atomic mass is 35.5. The Morgan fingerprint density at radius 3 is 2.80 bits per heavy atom. The number of fused-ring (bicyclic) bond motifs is 7. The molecule has 2 aromatic heterocycles. The SMILES string of the molecule is C=C1CCCCc2c(Cl)cc(N)cc2-c2ncc3c(nc(CCC45CCCN4CC(F)C5)nc3c2F)N2CC(F)CC(C2)N1. The second-order valence-electron chi connectivity index (χ2n) is 13.1. The number of rotatable bonds is 3. The van der Waals surface area contributed by atoms with Gasteiger partial charge < -0.3 is 16.0 Å². The van der Waals surface area contributed by atoms with Crippen LogP contribution in [0, 0.1) is 5.82 Å². The van der Waals surface area contributed by atoms with Crippen molar-refractivity contribution < 1.29 is 13.2 Å². The first-order valence-electron chi connectivity index (χ1n) is 15.8. The average molecular weight is 626 g/mol. The molecule has 234 valence electrons. The summed E-state index contributed by atoms with van der Waals surface area (Å²) in [5.74, 6) is 0.356. The number of benzene rings is 1. The van der Waals surface area contributed by atoms with E-state index < -0.39 is 18.2 Å². The molecule has 3 N–H and O–H groups in total. The molecule has 7 heterocycles. The molecule has 5 aliphatic rings. The van der Waals surface area contributed by atoms with E-state index in [1.54, 1.807) is 18.3 Å². The van der Waals surface area contributed by atoms with Crippen molar-refractivity contribution in [3.05, 3.63) is 52.8 Å². The first kappa shape index (κ1) is 29.6. The number of nitrogens with one attached hydrogen (secondary N) is 1. The molecule has 44 heavy (non-hydrogen) atoms. The number of pyridine rings is 1. The highest BCUT2D eigenvalue weighted by Gasteiger charge is 2.48. The van der Waals surface area contributed by atoms with E-state index in [9.17, 15) is 4.39 Å². The minimum absolute atomic E-state index is 0.131. The summed E-state index contributed by atoms with van der Waals surface area (Å²) in [6.07, 6.45) is 6.60. The third kappa shape index (κ3) is 5.49. The van der Waals surface area contributed by atoms with E-state index in [1.807, 2.05) is 4.90 Å². The number of hydrogen-bond donors (Lipinski definition) is 2. The predicted molar refractivity (Wildman–Crippen MR) is 169 cm³/mol. The fourth-order valence-corrected chi connectivity index (χ4v) is 8.34. The molecule has 3 saturated heterocycles. The highest BCUT2D eigenvalue weighted by molar-refractivity contribution is 6.32. The number of nitrogen functional groups attached to an aromatic ring is 1. The van der Waals surface area contributed by atoms with Gasteiger partial charge in [-0.2, -0.15) is 0 Å². The molecule has 6 bridgehead atoms. The smallest absolute Gasteiger partial charge is 0.175 e. The largest absolute Gasteiger partial charge is 0.399 e. The second kappa shape index (κ2) is 11.7. The summed E-state index contributed by atoms with van der Waals surface area (Å²) in [7, 11) is 0. The lowest BCUT2D eigenvalue weighted by atomic mass is 9.88. The Labute approximate surface area is 261 Å². The first-order valence-corrected chi connectivity index (χ1v) is 16.2. The van der Waals surface area contributed by atoms with E-state index in [1.165, 1.54) is 0 Å². The molecule has 0 aliphatic carbocycles. The molecule has 0 spiro atoms. The number of hydrogen-bond acceptors (Lipinski definition) is 7. The first-order chi connectivity index (χ1) is 21.2. The fraction of sp³-hybridized carbons (Fsp3) is 0.545. The van der Waals surface area contributed by atoms with Crippen LogP contribution in [0.1, 0.15) is 62.8 Å². The Bertz CT molecular complexity index is 1600. The Kier molecular flexibility index (Phi) is 7.85. The van der Waals surface area contributed by atoms with Crippen molar-refractivity contribution in [3.63, 3.8) is 0 Å². The summed E-state index contributed by atoms with van der Waals surface area (Å²) in [6, 6.07) is 3.23. The van der Waals surface area contributed by atoms with Crippen LogP contribution in [0.5, 0.6) is 0 Å². The van der Waals surface area contributed by atoms with Crippen LogP contribution in [-0.2, 0) is 12.8 Å². The molecule has 0 saturated carbocycles. The molecule has 4 atom stereocenters. The normalized spacial score (nSPS) is 27.6. The number of aromatic nitrogens is 3. The summed E-state index contributed by atoms with van der Waals surface area (Å²) in [4.78, 5) is 18.4. The molecular formula is C33H39ClF3N7. The molecule has 3 fully saturated rings. The van der Waals surface area contributed by atoms with Crippen LogP contribution in [0.4, 0.5) is 24.7 Å². The van der Waals surface area contributed by atoms with Crippen molar-refractivity contribution in [2.75, 3.05) is 36.8 Å². The Morgan fingerprint density at radius 1 is 1.09 bits per heavy atom. The number of alkyl halides is 2. The number of nitrogens with two attached hydrogens (primary N) is 1. The molecule has 7 nitrogen and oxygen atoms in total. The maximum absolute atomic E-state index is 16.7. The van der Waals surface area contributed by atoms with Gasteiger partial charge in [0, 0.05) is 65.7 Å². The van der Waals surface area contributed by atoms with Crippen molar-refractivity contribution >= 4 is 34.0 Å². The van der Waals surface area contributed by atoms with E-state index in [0.29, 0.717) is 78.5 Å². The topological polar surface area (TPSA) is 83.2 Å². The third-order valence-corrected chi connectivity index (χ3v) is 10.4. The summed E-state index contributed by atoms with van der Waals surface area (Å²) < 4.78 is 46.5. The van der Waals surface area contributed by atoms with Crippen molar-refractivity contribution in [3.8, 4) is 11.3 Å². The zero-order chi connectivity index (χ0) is 30.6. The zero-order valence-electron chi connectivity index (χ0n) is 24.9. The summed E-state index contributed by atoms with van der Waals surface area (Å²) in [5.41, 5.74) is 8.85. The quantitative estimate of drug-likeness (QED) is 0.330. The predicted octanol–water partition coefficient (Wildman–Crippen LogP) is 6.32. The number of aryl methyl sites for hydroxylation is 1. The molecule has 3 aromatic rings. The zero-order valence-corrected chi connectivity index (χ0v) is 25.7. The molecule has 8 rings (SSSR count). The van der Waals surface area contributed by atoms with Crippen molar-refractivity contribution in [2.45, 2.75) is 88.1 Å². The van der Waals surface area contributed by atoms with Crippen LogP contribution < -0.4 is 16.0 Å². The Balaban J connectivity index is 1.37. The average Bonchev–Trinajstić information content (AvgIpc) is 3.50. The van der Waals surface area contributed by atoms with Crippen molar-refractivity contribution in [1.82, 2.24) is 25.2 Å². The van der Waals surface area contributed by atoms with E-state index in [4.69, 9.17) is 27.3 Å². The van der Waals surface area contributed by atoms with Gasteiger partial charge in [-0.1, -0.05) is 18.2 Å². The molecular weight excluding hydrogens is 587 g/mol. The van der Waals surface area contributed by atoms with Crippen molar-refractivity contribution in [1.29, 1.82) is 0 Å². The lowest BCUT2D eigenvalue weighted by molar-refractivity contribution is 0.181.